The fourth-order valence-corrected chi connectivity index (χ4v) is 2.36. The summed E-state index contributed by atoms with van der Waals surface area (Å²) in [5.74, 6) is 1.30. The number of hydrogen-bond donors (Lipinski definition) is 1. The van der Waals surface area contributed by atoms with Gasteiger partial charge in [-0.25, -0.2) is 10.2 Å². The highest BCUT2D eigenvalue weighted by atomic mass is 32.1. The number of thiophene rings is 1. The maximum Gasteiger partial charge on any atom is 0.427 e. The molecule has 0 fully saturated rings. The van der Waals surface area contributed by atoms with Gasteiger partial charge in [0.15, 0.2) is 11.5 Å². The zero-order chi connectivity index (χ0) is 16.5. The van der Waals surface area contributed by atoms with E-state index in [9.17, 15) is 4.79 Å². The molecule has 2 aromatic rings. The van der Waals surface area contributed by atoms with Crippen LogP contribution in [0.4, 0.5) is 4.79 Å². The number of carbonyl (C=O) groups is 1. The lowest BCUT2D eigenvalue weighted by molar-refractivity contribution is 0.171. The number of ether oxygens (including phenoxy) is 3. The highest BCUT2D eigenvalue weighted by molar-refractivity contribution is 7.09. The Labute approximate surface area is 138 Å². The second kappa shape index (κ2) is 8.79. The molecule has 0 saturated carbocycles. The first-order valence-electron chi connectivity index (χ1n) is 7.02. The Kier molecular flexibility index (Phi) is 6.43. The van der Waals surface area contributed by atoms with Crippen molar-refractivity contribution in [3.63, 3.8) is 0 Å². The van der Waals surface area contributed by atoms with Crippen molar-refractivity contribution >= 4 is 23.6 Å². The van der Waals surface area contributed by atoms with Crippen molar-refractivity contribution in [1.82, 2.24) is 5.43 Å². The number of nitrogens with zero attached hydrogens (tertiary/aromatic N) is 1. The van der Waals surface area contributed by atoms with E-state index in [4.69, 9.17) is 9.47 Å². The number of hydrazone groups is 1. The van der Waals surface area contributed by atoms with Gasteiger partial charge in [-0.15, -0.1) is 11.3 Å². The third-order valence-electron chi connectivity index (χ3n) is 2.77. The molecule has 0 unspecified atom stereocenters. The average molecular weight is 334 g/mol. The van der Waals surface area contributed by atoms with E-state index in [0.717, 1.165) is 10.4 Å². The standard InChI is InChI=1S/C16H18N2O4S/c1-3-21-15-9-12(10-17-18-16(19)20-2)6-7-14(15)22-11-13-5-4-8-23-13/h4-10H,3,11H2,1-2H3,(H,18,19)/b17-10-. The lowest BCUT2D eigenvalue weighted by atomic mass is 10.2. The molecule has 0 bridgehead atoms. The number of rotatable bonds is 7. The Hall–Kier alpha value is -2.54. The topological polar surface area (TPSA) is 69.2 Å². The van der Waals surface area contributed by atoms with Crippen molar-refractivity contribution in [1.29, 1.82) is 0 Å². The maximum atomic E-state index is 10.9. The first-order chi connectivity index (χ1) is 11.2. The maximum absolute atomic E-state index is 10.9. The lowest BCUT2D eigenvalue weighted by Gasteiger charge is -2.12. The van der Waals surface area contributed by atoms with Crippen molar-refractivity contribution in [3.05, 3.63) is 46.2 Å². The van der Waals surface area contributed by atoms with Crippen LogP contribution in [0.15, 0.2) is 40.8 Å². The summed E-state index contributed by atoms with van der Waals surface area (Å²) in [6.45, 7) is 2.92. The smallest absolute Gasteiger partial charge is 0.427 e. The van der Waals surface area contributed by atoms with Gasteiger partial charge in [0.1, 0.15) is 6.61 Å². The highest BCUT2D eigenvalue weighted by Crippen LogP contribution is 2.29. The summed E-state index contributed by atoms with van der Waals surface area (Å²) in [7, 11) is 1.28. The molecular weight excluding hydrogens is 316 g/mol. The average Bonchev–Trinajstić information content (AvgIpc) is 3.07. The van der Waals surface area contributed by atoms with Crippen LogP contribution in [-0.4, -0.2) is 26.0 Å². The number of nitrogens with one attached hydrogen (secondary N) is 1. The number of methoxy groups -OCH3 is 1. The van der Waals surface area contributed by atoms with Crippen molar-refractivity contribution in [2.45, 2.75) is 13.5 Å². The van der Waals surface area contributed by atoms with Crippen molar-refractivity contribution < 1.29 is 19.0 Å². The molecule has 0 aliphatic carbocycles. The van der Waals surface area contributed by atoms with Crippen molar-refractivity contribution in [3.8, 4) is 11.5 Å². The summed E-state index contributed by atoms with van der Waals surface area (Å²) >= 11 is 1.64. The SMILES string of the molecule is CCOc1cc(/C=N\NC(=O)OC)ccc1OCc1cccs1. The summed E-state index contributed by atoms with van der Waals surface area (Å²) in [5.41, 5.74) is 3.00. The molecule has 122 valence electrons. The number of amides is 1. The van der Waals surface area contributed by atoms with E-state index in [1.807, 2.05) is 36.6 Å². The van der Waals surface area contributed by atoms with Gasteiger partial charge in [-0.1, -0.05) is 6.07 Å². The Morgan fingerprint density at radius 2 is 2.17 bits per heavy atom. The van der Waals surface area contributed by atoms with E-state index in [0.29, 0.717) is 24.7 Å². The number of benzene rings is 1. The summed E-state index contributed by atoms with van der Waals surface area (Å²) in [5, 5.41) is 5.80. The predicted molar refractivity (Wildman–Crippen MR) is 89.4 cm³/mol. The largest absolute Gasteiger partial charge is 0.490 e. The van der Waals surface area contributed by atoms with Crippen LogP contribution in [0.5, 0.6) is 11.5 Å². The third kappa shape index (κ3) is 5.30. The minimum Gasteiger partial charge on any atom is -0.490 e. The minimum absolute atomic E-state index is 0.495. The van der Waals surface area contributed by atoms with Gasteiger partial charge in [0.25, 0.3) is 0 Å². The van der Waals surface area contributed by atoms with Gasteiger partial charge >= 0.3 is 6.09 Å². The fourth-order valence-electron chi connectivity index (χ4n) is 1.74. The molecule has 23 heavy (non-hydrogen) atoms. The molecule has 1 heterocycles. The molecule has 0 aliphatic heterocycles. The molecule has 0 saturated heterocycles. The molecule has 0 atom stereocenters. The van der Waals surface area contributed by atoms with Gasteiger partial charge in [0.2, 0.25) is 0 Å². The molecule has 0 radical (unpaired) electrons. The molecule has 6 nitrogen and oxygen atoms in total. The molecule has 2 rings (SSSR count). The molecule has 7 heteroatoms. The van der Waals surface area contributed by atoms with Crippen LogP contribution in [0.3, 0.4) is 0 Å². The van der Waals surface area contributed by atoms with Gasteiger partial charge in [-0.05, 0) is 42.1 Å². The van der Waals surface area contributed by atoms with Crippen LogP contribution in [0.1, 0.15) is 17.4 Å². The van der Waals surface area contributed by atoms with E-state index in [1.54, 1.807) is 17.4 Å². The summed E-state index contributed by atoms with van der Waals surface area (Å²) in [4.78, 5) is 12.1. The highest BCUT2D eigenvalue weighted by Gasteiger charge is 2.07. The quantitative estimate of drug-likeness (QED) is 0.622. The zero-order valence-electron chi connectivity index (χ0n) is 12.9. The van der Waals surface area contributed by atoms with Gasteiger partial charge in [0.05, 0.1) is 19.9 Å². The Morgan fingerprint density at radius 3 is 2.87 bits per heavy atom. The van der Waals surface area contributed by atoms with Gasteiger partial charge in [-0.3, -0.25) is 0 Å². The number of hydrogen-bond acceptors (Lipinski definition) is 6. The van der Waals surface area contributed by atoms with Crippen LogP contribution in [0, 0.1) is 0 Å². The molecule has 1 N–H and O–H groups in total. The minimum atomic E-state index is -0.623. The molecule has 0 aliphatic rings. The normalized spacial score (nSPS) is 10.5. The third-order valence-corrected chi connectivity index (χ3v) is 3.62. The second-order valence-corrected chi connectivity index (χ2v) is 5.40. The molecule has 1 aromatic heterocycles. The lowest BCUT2D eigenvalue weighted by Crippen LogP contribution is -2.16. The zero-order valence-corrected chi connectivity index (χ0v) is 13.8. The predicted octanol–water partition coefficient (Wildman–Crippen LogP) is 3.42. The second-order valence-electron chi connectivity index (χ2n) is 4.37. The van der Waals surface area contributed by atoms with E-state index in [1.165, 1.54) is 13.3 Å². The Bertz CT molecular complexity index is 656. The molecule has 1 amide bonds. The Morgan fingerprint density at radius 1 is 1.30 bits per heavy atom. The van der Waals surface area contributed by atoms with Crippen molar-refractivity contribution in [2.75, 3.05) is 13.7 Å². The molecule has 1 aromatic carbocycles. The Balaban J connectivity index is 2.05. The molecular formula is C16H18N2O4S. The van der Waals surface area contributed by atoms with E-state index < -0.39 is 6.09 Å². The van der Waals surface area contributed by atoms with Gasteiger partial charge < -0.3 is 14.2 Å². The summed E-state index contributed by atoms with van der Waals surface area (Å²) < 4.78 is 15.8. The molecule has 0 spiro atoms. The van der Waals surface area contributed by atoms with Crippen molar-refractivity contribution in [2.24, 2.45) is 5.10 Å². The van der Waals surface area contributed by atoms with Gasteiger partial charge in [0, 0.05) is 4.88 Å². The summed E-state index contributed by atoms with van der Waals surface area (Å²) in [6, 6.07) is 9.45. The summed E-state index contributed by atoms with van der Waals surface area (Å²) in [6.07, 6.45) is 0.879. The van der Waals surface area contributed by atoms with Crippen LogP contribution >= 0.6 is 11.3 Å². The monoisotopic (exact) mass is 334 g/mol. The van der Waals surface area contributed by atoms with Gasteiger partial charge in [-0.2, -0.15) is 5.10 Å². The fraction of sp³-hybridized carbons (Fsp3) is 0.250. The first kappa shape index (κ1) is 16.8. The first-order valence-corrected chi connectivity index (χ1v) is 7.90. The van der Waals surface area contributed by atoms with Crippen LogP contribution in [-0.2, 0) is 11.3 Å². The van der Waals surface area contributed by atoms with Crippen LogP contribution in [0.2, 0.25) is 0 Å². The van der Waals surface area contributed by atoms with E-state index in [-0.39, 0.29) is 0 Å². The van der Waals surface area contributed by atoms with Crippen LogP contribution in [0.25, 0.3) is 0 Å². The number of carbonyl (C=O) groups excluding carboxylic acids is 1. The van der Waals surface area contributed by atoms with E-state index >= 15 is 0 Å². The van der Waals surface area contributed by atoms with E-state index in [2.05, 4.69) is 15.3 Å². The van der Waals surface area contributed by atoms with Crippen LogP contribution < -0.4 is 14.9 Å².